The Morgan fingerprint density at radius 2 is 0.875 bits per heavy atom. The highest BCUT2D eigenvalue weighted by atomic mass is 32.1. The van der Waals surface area contributed by atoms with Crippen molar-refractivity contribution in [3.05, 3.63) is 97.1 Å². The van der Waals surface area contributed by atoms with Gasteiger partial charge in [0.15, 0.2) is 0 Å². The van der Waals surface area contributed by atoms with Crippen molar-refractivity contribution in [2.45, 2.75) is 0 Å². The summed E-state index contributed by atoms with van der Waals surface area (Å²) in [5.74, 6) is 0. The lowest BCUT2D eigenvalue weighted by Crippen LogP contribution is -1.81. The van der Waals surface area contributed by atoms with Crippen molar-refractivity contribution >= 4 is 85.6 Å². The van der Waals surface area contributed by atoms with E-state index < -0.39 is 0 Å². The van der Waals surface area contributed by atoms with Crippen LogP contribution in [0.25, 0.3) is 74.3 Å². The van der Waals surface area contributed by atoms with Gasteiger partial charge >= 0.3 is 0 Å². The number of fused-ring (bicyclic) bond motifs is 15. The van der Waals surface area contributed by atoms with Gasteiger partial charge in [0.05, 0.1) is 15.7 Å². The number of rotatable bonds is 0. The maximum Gasteiger partial charge on any atom is 0.0653 e. The third kappa shape index (κ3) is 1.94. The van der Waals surface area contributed by atoms with Crippen LogP contribution in [0.4, 0.5) is 0 Å². The average Bonchev–Trinajstić information content (AvgIpc) is 3.44. The Hall–Kier alpha value is -3.88. The Kier molecular flexibility index (Phi) is 3.08. The molecule has 2 heterocycles. The molecule has 0 atom stereocenters. The normalized spacial score (nSPS) is 12.4. The first kappa shape index (κ1) is 16.8. The average molecular weight is 424 g/mol. The van der Waals surface area contributed by atoms with Crippen LogP contribution in [0.1, 0.15) is 0 Å². The molecular formula is C30H17NS. The third-order valence-corrected chi connectivity index (χ3v) is 8.16. The number of hydrogen-bond donors (Lipinski definition) is 1. The van der Waals surface area contributed by atoms with E-state index in [1.165, 1.54) is 74.3 Å². The summed E-state index contributed by atoms with van der Waals surface area (Å²) in [6, 6.07) is 35.4. The van der Waals surface area contributed by atoms with Crippen LogP contribution in [-0.2, 0) is 0 Å². The zero-order chi connectivity index (χ0) is 20.8. The molecule has 0 aliphatic rings. The fourth-order valence-electron chi connectivity index (χ4n) is 5.69. The van der Waals surface area contributed by atoms with Gasteiger partial charge in [-0.1, -0.05) is 91.0 Å². The smallest absolute Gasteiger partial charge is 0.0653 e. The summed E-state index contributed by atoms with van der Waals surface area (Å²) in [5, 5.41) is 13.3. The second-order valence-electron chi connectivity index (χ2n) is 8.56. The largest absolute Gasteiger partial charge is 0.353 e. The number of aromatic nitrogens is 1. The number of thiophene rings is 1. The van der Waals surface area contributed by atoms with Crippen molar-refractivity contribution in [1.29, 1.82) is 0 Å². The van der Waals surface area contributed by atoms with Crippen molar-refractivity contribution in [2.75, 3.05) is 0 Å². The van der Waals surface area contributed by atoms with Crippen LogP contribution in [0.5, 0.6) is 0 Å². The topological polar surface area (TPSA) is 15.8 Å². The van der Waals surface area contributed by atoms with Crippen LogP contribution in [0.15, 0.2) is 97.1 Å². The Morgan fingerprint density at radius 1 is 0.406 bits per heavy atom. The van der Waals surface area contributed by atoms with E-state index in [1.807, 2.05) is 11.3 Å². The molecule has 0 aliphatic heterocycles. The van der Waals surface area contributed by atoms with Gasteiger partial charge in [0.25, 0.3) is 0 Å². The summed E-state index contributed by atoms with van der Waals surface area (Å²) in [5.41, 5.74) is 2.50. The van der Waals surface area contributed by atoms with Crippen molar-refractivity contribution in [3.63, 3.8) is 0 Å². The molecule has 0 spiro atoms. The molecule has 1 nitrogen and oxygen atoms in total. The molecule has 0 unspecified atom stereocenters. The van der Waals surface area contributed by atoms with E-state index in [2.05, 4.69) is 102 Å². The van der Waals surface area contributed by atoms with Crippen LogP contribution in [-0.4, -0.2) is 4.98 Å². The van der Waals surface area contributed by atoms with Gasteiger partial charge in [-0.05, 0) is 33.0 Å². The predicted molar refractivity (Wildman–Crippen MR) is 141 cm³/mol. The summed E-state index contributed by atoms with van der Waals surface area (Å²) < 4.78 is 2.69. The summed E-state index contributed by atoms with van der Waals surface area (Å²) in [6.45, 7) is 0. The zero-order valence-electron chi connectivity index (χ0n) is 17.1. The van der Waals surface area contributed by atoms with Gasteiger partial charge in [0, 0.05) is 31.6 Å². The zero-order valence-corrected chi connectivity index (χ0v) is 18.0. The molecule has 32 heavy (non-hydrogen) atoms. The Morgan fingerprint density at radius 3 is 1.59 bits per heavy atom. The van der Waals surface area contributed by atoms with Gasteiger partial charge in [0.1, 0.15) is 0 Å². The minimum atomic E-state index is 1.24. The number of H-pyrrole nitrogens is 1. The fourth-order valence-corrected chi connectivity index (χ4v) is 6.91. The molecule has 0 saturated carbocycles. The molecular weight excluding hydrogens is 406 g/mol. The van der Waals surface area contributed by atoms with Gasteiger partial charge in [-0.25, -0.2) is 0 Å². The van der Waals surface area contributed by atoms with Crippen molar-refractivity contribution in [2.24, 2.45) is 0 Å². The molecule has 8 rings (SSSR count). The standard InChI is InChI=1S/C30H17NS/c1-3-11-19-17(9-1)18-10-2-6-14-22(18)28-26(19)27-21-13-5-4-12-20(21)25-23-15-7-8-16-24(23)32-30(25)29(27)31-28/h1-16,31H. The van der Waals surface area contributed by atoms with Gasteiger partial charge in [0.2, 0.25) is 0 Å². The van der Waals surface area contributed by atoms with E-state index in [4.69, 9.17) is 0 Å². The molecule has 2 aromatic heterocycles. The van der Waals surface area contributed by atoms with E-state index in [-0.39, 0.29) is 0 Å². The molecule has 8 aromatic rings. The number of aromatic amines is 1. The molecule has 6 aromatic carbocycles. The predicted octanol–water partition coefficient (Wildman–Crippen LogP) is 9.15. The minimum Gasteiger partial charge on any atom is -0.353 e. The number of hydrogen-bond acceptors (Lipinski definition) is 1. The van der Waals surface area contributed by atoms with Crippen LogP contribution in [0.2, 0.25) is 0 Å². The molecule has 0 aliphatic carbocycles. The van der Waals surface area contributed by atoms with Gasteiger partial charge in [-0.15, -0.1) is 11.3 Å². The molecule has 0 bridgehead atoms. The second kappa shape index (κ2) is 5.87. The van der Waals surface area contributed by atoms with E-state index in [0.717, 1.165) is 0 Å². The van der Waals surface area contributed by atoms with Gasteiger partial charge in [-0.2, -0.15) is 0 Å². The van der Waals surface area contributed by atoms with E-state index in [1.54, 1.807) is 0 Å². The van der Waals surface area contributed by atoms with Crippen LogP contribution < -0.4 is 0 Å². The highest BCUT2D eigenvalue weighted by Gasteiger charge is 2.20. The van der Waals surface area contributed by atoms with Gasteiger partial charge < -0.3 is 4.98 Å². The quantitative estimate of drug-likeness (QED) is 0.234. The molecule has 0 saturated heterocycles. The first-order chi connectivity index (χ1) is 15.9. The van der Waals surface area contributed by atoms with Crippen molar-refractivity contribution < 1.29 is 0 Å². The maximum absolute atomic E-state index is 3.92. The van der Waals surface area contributed by atoms with Crippen LogP contribution in [0, 0.1) is 0 Å². The highest BCUT2D eigenvalue weighted by molar-refractivity contribution is 7.27. The number of benzene rings is 6. The molecule has 0 radical (unpaired) electrons. The fraction of sp³-hybridized carbons (Fsp3) is 0. The van der Waals surface area contributed by atoms with Gasteiger partial charge in [-0.3, -0.25) is 0 Å². The molecule has 2 heteroatoms. The first-order valence-electron chi connectivity index (χ1n) is 11.0. The Bertz CT molecular complexity index is 2040. The van der Waals surface area contributed by atoms with E-state index in [0.29, 0.717) is 0 Å². The van der Waals surface area contributed by atoms with E-state index >= 15 is 0 Å². The monoisotopic (exact) mass is 423 g/mol. The van der Waals surface area contributed by atoms with Crippen LogP contribution >= 0.6 is 11.3 Å². The molecule has 0 fully saturated rings. The van der Waals surface area contributed by atoms with Crippen LogP contribution in [0.3, 0.4) is 0 Å². The molecule has 1 N–H and O–H groups in total. The SMILES string of the molecule is c1ccc2c(c1)sc1c3[nH]c4c5ccccc5c5ccccc5c4c3c3ccccc3c21. The number of nitrogens with one attached hydrogen (secondary N) is 1. The molecule has 0 amide bonds. The summed E-state index contributed by atoms with van der Waals surface area (Å²) >= 11 is 1.90. The highest BCUT2D eigenvalue weighted by Crippen LogP contribution is 2.48. The lowest BCUT2D eigenvalue weighted by Gasteiger charge is -2.08. The molecule has 148 valence electrons. The summed E-state index contributed by atoms with van der Waals surface area (Å²) in [6.07, 6.45) is 0. The maximum atomic E-state index is 3.92. The second-order valence-corrected chi connectivity index (χ2v) is 9.62. The lowest BCUT2D eigenvalue weighted by molar-refractivity contribution is 1.59. The third-order valence-electron chi connectivity index (χ3n) is 6.97. The summed E-state index contributed by atoms with van der Waals surface area (Å²) in [7, 11) is 0. The lowest BCUT2D eigenvalue weighted by atomic mass is 9.94. The Labute approximate surface area is 187 Å². The Balaban J connectivity index is 1.80. The first-order valence-corrected chi connectivity index (χ1v) is 11.8. The summed E-state index contributed by atoms with van der Waals surface area (Å²) in [4.78, 5) is 3.92. The minimum absolute atomic E-state index is 1.24. The van der Waals surface area contributed by atoms with E-state index in [9.17, 15) is 0 Å². The van der Waals surface area contributed by atoms with Crippen molar-refractivity contribution in [3.8, 4) is 0 Å². The van der Waals surface area contributed by atoms with Crippen molar-refractivity contribution in [1.82, 2.24) is 4.98 Å².